The minimum atomic E-state index is -0.0868. The second-order valence-electron chi connectivity index (χ2n) is 1.53. The van der Waals surface area contributed by atoms with Crippen LogP contribution in [0.25, 0.3) is 5.76 Å². The fourth-order valence-electron chi connectivity index (χ4n) is 0.485. The van der Waals surface area contributed by atoms with Crippen molar-refractivity contribution in [2.24, 2.45) is 0 Å². The molecule has 1 heterocycles. The van der Waals surface area contributed by atoms with Crippen LogP contribution in [0.15, 0.2) is 23.1 Å². The molecule has 1 aromatic rings. The van der Waals surface area contributed by atoms with Crippen molar-refractivity contribution in [3.8, 4) is 0 Å². The van der Waals surface area contributed by atoms with E-state index in [0.29, 0.717) is 11.8 Å². The van der Waals surface area contributed by atoms with E-state index in [4.69, 9.17) is 10.2 Å². The molecule has 0 fully saturated rings. The molecule has 0 aliphatic heterocycles. The lowest BCUT2D eigenvalue weighted by atomic mass is 10.3. The molecule has 0 atom stereocenters. The Morgan fingerprint density at radius 1 is 1.67 bits per heavy atom. The molecule has 0 saturated carbocycles. The molecule has 2 N–H and O–H groups in total. The van der Waals surface area contributed by atoms with Gasteiger partial charge in [0.2, 0.25) is 0 Å². The van der Waals surface area contributed by atoms with Crippen LogP contribution in [-0.4, -0.2) is 10.2 Å². The molecule has 48 valence electrons. The van der Waals surface area contributed by atoms with Gasteiger partial charge < -0.3 is 10.2 Å². The van der Waals surface area contributed by atoms with Crippen LogP contribution in [0.3, 0.4) is 0 Å². The summed E-state index contributed by atoms with van der Waals surface area (Å²) < 4.78 is 0. The number of hydrogen-bond donors (Lipinski definition) is 2. The third-order valence-electron chi connectivity index (χ3n) is 0.939. The van der Waals surface area contributed by atoms with Gasteiger partial charge in [0, 0.05) is 10.9 Å². The maximum atomic E-state index is 8.84. The monoisotopic (exact) mass is 142 g/mol. The Bertz CT molecular complexity index is 201. The predicted molar refractivity (Wildman–Crippen MR) is 37.6 cm³/mol. The Hall–Kier alpha value is -0.960. The highest BCUT2D eigenvalue weighted by Gasteiger charge is 1.95. The van der Waals surface area contributed by atoms with Crippen LogP contribution in [0, 0.1) is 0 Å². The van der Waals surface area contributed by atoms with E-state index in [2.05, 4.69) is 0 Å². The first kappa shape index (κ1) is 6.16. The summed E-state index contributed by atoms with van der Waals surface area (Å²) in [7, 11) is 0. The van der Waals surface area contributed by atoms with Crippen LogP contribution in [0.1, 0.15) is 5.56 Å². The Morgan fingerprint density at radius 3 is 2.89 bits per heavy atom. The second-order valence-corrected chi connectivity index (χ2v) is 2.31. The van der Waals surface area contributed by atoms with Gasteiger partial charge in [0.05, 0.1) is 0 Å². The Labute approximate surface area is 56.7 Å². The summed E-state index contributed by atoms with van der Waals surface area (Å²) >= 11 is 1.47. The van der Waals surface area contributed by atoms with Crippen LogP contribution >= 0.6 is 11.3 Å². The highest BCUT2D eigenvalue weighted by molar-refractivity contribution is 7.08. The Balaban J connectivity index is 2.90. The normalized spacial score (nSPS) is 11.8. The standard InChI is InChI=1S/C6H6O2S/c7-3-6(8)5-1-2-9-4-5/h1-4,7-8H. The topological polar surface area (TPSA) is 40.5 Å². The molecule has 0 saturated heterocycles. The molecular weight excluding hydrogens is 136 g/mol. The van der Waals surface area contributed by atoms with Gasteiger partial charge in [0.1, 0.15) is 6.26 Å². The van der Waals surface area contributed by atoms with Gasteiger partial charge in [0.25, 0.3) is 0 Å². The van der Waals surface area contributed by atoms with Crippen LogP contribution in [0.5, 0.6) is 0 Å². The predicted octanol–water partition coefficient (Wildman–Crippen LogP) is 2.16. The molecule has 0 radical (unpaired) electrons. The van der Waals surface area contributed by atoms with Crippen molar-refractivity contribution >= 4 is 17.1 Å². The summed E-state index contributed by atoms with van der Waals surface area (Å²) in [6.45, 7) is 0. The molecule has 1 rings (SSSR count). The van der Waals surface area contributed by atoms with Crippen molar-refractivity contribution in [1.29, 1.82) is 0 Å². The molecule has 0 amide bonds. The highest BCUT2D eigenvalue weighted by Crippen LogP contribution is 2.13. The van der Waals surface area contributed by atoms with E-state index in [-0.39, 0.29) is 5.76 Å². The smallest absolute Gasteiger partial charge is 0.157 e. The molecule has 0 aromatic carbocycles. The lowest BCUT2D eigenvalue weighted by molar-refractivity contribution is 0.431. The van der Waals surface area contributed by atoms with Gasteiger partial charge in [0.15, 0.2) is 5.76 Å². The number of aliphatic hydroxyl groups is 2. The molecule has 0 aliphatic rings. The van der Waals surface area contributed by atoms with Gasteiger partial charge in [-0.2, -0.15) is 11.3 Å². The summed E-state index contributed by atoms with van der Waals surface area (Å²) in [5.74, 6) is -0.0868. The second kappa shape index (κ2) is 2.55. The zero-order chi connectivity index (χ0) is 6.69. The quantitative estimate of drug-likeness (QED) is 0.590. The van der Waals surface area contributed by atoms with E-state index in [9.17, 15) is 0 Å². The largest absolute Gasteiger partial charge is 0.512 e. The maximum Gasteiger partial charge on any atom is 0.157 e. The third-order valence-corrected chi connectivity index (χ3v) is 1.62. The molecular formula is C6H6O2S. The van der Waals surface area contributed by atoms with Crippen molar-refractivity contribution in [3.63, 3.8) is 0 Å². The number of aliphatic hydroxyl groups excluding tert-OH is 2. The van der Waals surface area contributed by atoms with Gasteiger partial charge in [-0.25, -0.2) is 0 Å². The minimum Gasteiger partial charge on any atom is -0.512 e. The first-order chi connectivity index (χ1) is 4.34. The van der Waals surface area contributed by atoms with Gasteiger partial charge in [-0.1, -0.05) is 0 Å². The lowest BCUT2D eigenvalue weighted by Crippen LogP contribution is -1.75. The average Bonchev–Trinajstić information content (AvgIpc) is 2.37. The van der Waals surface area contributed by atoms with Crippen molar-refractivity contribution < 1.29 is 10.2 Å². The van der Waals surface area contributed by atoms with Crippen molar-refractivity contribution in [3.05, 3.63) is 28.7 Å². The summed E-state index contributed by atoms with van der Waals surface area (Å²) in [5.41, 5.74) is 0.655. The first-order valence-corrected chi connectivity index (χ1v) is 3.35. The molecule has 1 aromatic heterocycles. The van der Waals surface area contributed by atoms with Crippen LogP contribution in [0.4, 0.5) is 0 Å². The molecule has 3 heteroatoms. The highest BCUT2D eigenvalue weighted by atomic mass is 32.1. The third kappa shape index (κ3) is 1.23. The fourth-order valence-corrected chi connectivity index (χ4v) is 1.13. The first-order valence-electron chi connectivity index (χ1n) is 2.40. The number of thiophene rings is 1. The van der Waals surface area contributed by atoms with E-state index < -0.39 is 0 Å². The van der Waals surface area contributed by atoms with Crippen LogP contribution < -0.4 is 0 Å². The molecule has 2 nitrogen and oxygen atoms in total. The van der Waals surface area contributed by atoms with Gasteiger partial charge in [-0.05, 0) is 11.4 Å². The SMILES string of the molecule is OC=C(O)c1ccsc1. The summed E-state index contributed by atoms with van der Waals surface area (Å²) in [5, 5.41) is 20.7. The van der Waals surface area contributed by atoms with Crippen molar-refractivity contribution in [1.82, 2.24) is 0 Å². The van der Waals surface area contributed by atoms with Crippen LogP contribution in [0.2, 0.25) is 0 Å². The van der Waals surface area contributed by atoms with Gasteiger partial charge in [-0.3, -0.25) is 0 Å². The maximum absolute atomic E-state index is 8.84. The minimum absolute atomic E-state index is 0.0868. The number of rotatable bonds is 1. The van der Waals surface area contributed by atoms with E-state index >= 15 is 0 Å². The van der Waals surface area contributed by atoms with Gasteiger partial charge in [-0.15, -0.1) is 0 Å². The fraction of sp³-hybridized carbons (Fsp3) is 0. The Morgan fingerprint density at radius 2 is 2.44 bits per heavy atom. The van der Waals surface area contributed by atoms with E-state index in [1.165, 1.54) is 11.3 Å². The molecule has 0 aliphatic carbocycles. The van der Waals surface area contributed by atoms with Crippen molar-refractivity contribution in [2.75, 3.05) is 0 Å². The van der Waals surface area contributed by atoms with Crippen LogP contribution in [-0.2, 0) is 0 Å². The summed E-state index contributed by atoms with van der Waals surface area (Å²) in [6.07, 6.45) is 0.683. The molecule has 0 unspecified atom stereocenters. The summed E-state index contributed by atoms with van der Waals surface area (Å²) in [6, 6.07) is 1.73. The van der Waals surface area contributed by atoms with E-state index in [0.717, 1.165) is 0 Å². The summed E-state index contributed by atoms with van der Waals surface area (Å²) in [4.78, 5) is 0. The molecule has 0 bridgehead atoms. The van der Waals surface area contributed by atoms with E-state index in [1.54, 1.807) is 11.4 Å². The Kier molecular flexibility index (Phi) is 1.75. The molecule has 9 heavy (non-hydrogen) atoms. The lowest BCUT2D eigenvalue weighted by Gasteiger charge is -1.88. The average molecular weight is 142 g/mol. The zero-order valence-electron chi connectivity index (χ0n) is 4.61. The van der Waals surface area contributed by atoms with E-state index in [1.807, 2.05) is 5.38 Å². The van der Waals surface area contributed by atoms with Crippen molar-refractivity contribution in [2.45, 2.75) is 0 Å². The number of hydrogen-bond acceptors (Lipinski definition) is 3. The molecule has 0 spiro atoms. The zero-order valence-corrected chi connectivity index (χ0v) is 5.43. The van der Waals surface area contributed by atoms with Gasteiger partial charge >= 0.3 is 0 Å².